The molecule has 1 N–H and O–H groups in total. The average Bonchev–Trinajstić information content (AvgIpc) is 2.85. The lowest BCUT2D eigenvalue weighted by Crippen LogP contribution is -2.39. The molecule has 0 aliphatic heterocycles. The number of nitrogens with zero attached hydrogens (tertiary/aromatic N) is 1. The van der Waals surface area contributed by atoms with Crippen molar-refractivity contribution in [2.24, 2.45) is 0 Å². The van der Waals surface area contributed by atoms with Crippen LogP contribution >= 0.6 is 22.9 Å². The Kier molecular flexibility index (Phi) is 5.39. The minimum absolute atomic E-state index is 0.0102. The SMILES string of the molecule is Cc1ccc(NC(=O)[C@H](C)N(C)Cc2ccc(Cl)s2)cc1. The lowest BCUT2D eigenvalue weighted by atomic mass is 10.2. The first kappa shape index (κ1) is 16.0. The molecular weight excluding hydrogens is 304 g/mol. The van der Waals surface area contributed by atoms with Gasteiger partial charge in [0.25, 0.3) is 0 Å². The quantitative estimate of drug-likeness (QED) is 0.896. The van der Waals surface area contributed by atoms with Crippen molar-refractivity contribution in [1.82, 2.24) is 4.90 Å². The number of rotatable bonds is 5. The van der Waals surface area contributed by atoms with Crippen LogP contribution in [0.3, 0.4) is 0 Å². The summed E-state index contributed by atoms with van der Waals surface area (Å²) >= 11 is 7.47. The fraction of sp³-hybridized carbons (Fsp3) is 0.312. The van der Waals surface area contributed by atoms with Crippen LogP contribution in [0.1, 0.15) is 17.4 Å². The normalized spacial score (nSPS) is 12.4. The number of anilines is 1. The molecule has 0 unspecified atom stereocenters. The minimum atomic E-state index is -0.216. The molecule has 0 bridgehead atoms. The van der Waals surface area contributed by atoms with E-state index in [-0.39, 0.29) is 11.9 Å². The van der Waals surface area contributed by atoms with Gasteiger partial charge in [0.15, 0.2) is 0 Å². The highest BCUT2D eigenvalue weighted by atomic mass is 35.5. The van der Waals surface area contributed by atoms with Crippen LogP contribution in [-0.2, 0) is 11.3 Å². The number of thiophene rings is 1. The Balaban J connectivity index is 1.93. The summed E-state index contributed by atoms with van der Waals surface area (Å²) in [6, 6.07) is 11.5. The summed E-state index contributed by atoms with van der Waals surface area (Å²) in [5.41, 5.74) is 2.00. The Morgan fingerprint density at radius 2 is 1.95 bits per heavy atom. The van der Waals surface area contributed by atoms with Gasteiger partial charge in [-0.15, -0.1) is 11.3 Å². The number of benzene rings is 1. The summed E-state index contributed by atoms with van der Waals surface area (Å²) in [6.45, 7) is 4.63. The highest BCUT2D eigenvalue weighted by Gasteiger charge is 2.18. The zero-order chi connectivity index (χ0) is 15.4. The predicted molar refractivity (Wildman–Crippen MR) is 90.1 cm³/mol. The van der Waals surface area contributed by atoms with E-state index >= 15 is 0 Å². The zero-order valence-electron chi connectivity index (χ0n) is 12.4. The molecule has 2 aromatic rings. The Bertz CT molecular complexity index is 609. The molecule has 0 radical (unpaired) electrons. The molecule has 1 aromatic carbocycles. The number of halogens is 1. The summed E-state index contributed by atoms with van der Waals surface area (Å²) in [6.07, 6.45) is 0. The third-order valence-corrected chi connectivity index (χ3v) is 4.61. The first-order valence-electron chi connectivity index (χ1n) is 6.77. The summed E-state index contributed by atoms with van der Waals surface area (Å²) in [5, 5.41) is 2.94. The van der Waals surface area contributed by atoms with E-state index < -0.39 is 0 Å². The van der Waals surface area contributed by atoms with E-state index in [1.54, 1.807) is 11.3 Å². The molecule has 2 rings (SSSR count). The van der Waals surface area contributed by atoms with Gasteiger partial charge in [-0.3, -0.25) is 9.69 Å². The van der Waals surface area contributed by atoms with Crippen LogP contribution < -0.4 is 5.32 Å². The second kappa shape index (κ2) is 7.07. The van der Waals surface area contributed by atoms with Gasteiger partial charge < -0.3 is 5.32 Å². The van der Waals surface area contributed by atoms with Crippen LogP contribution in [0.5, 0.6) is 0 Å². The zero-order valence-corrected chi connectivity index (χ0v) is 14.0. The summed E-state index contributed by atoms with van der Waals surface area (Å²) in [4.78, 5) is 15.4. The molecule has 0 aliphatic carbocycles. The molecule has 0 spiro atoms. The van der Waals surface area contributed by atoms with E-state index in [0.29, 0.717) is 6.54 Å². The van der Waals surface area contributed by atoms with Crippen LogP contribution in [0.2, 0.25) is 4.34 Å². The largest absolute Gasteiger partial charge is 0.325 e. The number of hydrogen-bond acceptors (Lipinski definition) is 3. The smallest absolute Gasteiger partial charge is 0.241 e. The molecule has 1 amide bonds. The monoisotopic (exact) mass is 322 g/mol. The molecule has 0 fully saturated rings. The van der Waals surface area contributed by atoms with Crippen molar-refractivity contribution in [2.75, 3.05) is 12.4 Å². The number of amides is 1. The van der Waals surface area contributed by atoms with Crippen molar-refractivity contribution in [3.63, 3.8) is 0 Å². The van der Waals surface area contributed by atoms with Crippen LogP contribution in [-0.4, -0.2) is 23.9 Å². The van der Waals surface area contributed by atoms with Gasteiger partial charge in [0.05, 0.1) is 10.4 Å². The maximum absolute atomic E-state index is 12.3. The van der Waals surface area contributed by atoms with Gasteiger partial charge in [-0.1, -0.05) is 29.3 Å². The Morgan fingerprint density at radius 3 is 2.52 bits per heavy atom. The van der Waals surface area contributed by atoms with Crippen molar-refractivity contribution >= 4 is 34.5 Å². The maximum Gasteiger partial charge on any atom is 0.241 e. The summed E-state index contributed by atoms with van der Waals surface area (Å²) in [7, 11) is 1.94. The van der Waals surface area contributed by atoms with E-state index in [1.807, 2.05) is 62.2 Å². The number of hydrogen-bond donors (Lipinski definition) is 1. The number of nitrogens with one attached hydrogen (secondary N) is 1. The van der Waals surface area contributed by atoms with Gasteiger partial charge in [0, 0.05) is 17.1 Å². The van der Waals surface area contributed by atoms with E-state index in [9.17, 15) is 4.79 Å². The van der Waals surface area contributed by atoms with Crippen LogP contribution in [0.4, 0.5) is 5.69 Å². The number of carbonyl (C=O) groups is 1. The fourth-order valence-corrected chi connectivity index (χ4v) is 3.05. The van der Waals surface area contributed by atoms with Crippen LogP contribution in [0, 0.1) is 6.92 Å². The van der Waals surface area contributed by atoms with Gasteiger partial charge in [0.1, 0.15) is 0 Å². The molecule has 1 atom stereocenters. The van der Waals surface area contributed by atoms with E-state index in [0.717, 1.165) is 14.9 Å². The number of carbonyl (C=O) groups excluding carboxylic acids is 1. The third kappa shape index (κ3) is 4.56. The standard InChI is InChI=1S/C16H19ClN2OS/c1-11-4-6-13(7-5-11)18-16(20)12(2)19(3)10-14-8-9-15(17)21-14/h4-9,12H,10H2,1-3H3,(H,18,20)/t12-/m0/s1. The molecule has 0 saturated heterocycles. The lowest BCUT2D eigenvalue weighted by molar-refractivity contribution is -0.120. The molecule has 112 valence electrons. The second-order valence-electron chi connectivity index (χ2n) is 5.15. The Labute approximate surface area is 134 Å². The molecule has 21 heavy (non-hydrogen) atoms. The van der Waals surface area contributed by atoms with Crippen molar-refractivity contribution in [2.45, 2.75) is 26.4 Å². The van der Waals surface area contributed by atoms with E-state index in [1.165, 1.54) is 5.56 Å². The molecular formula is C16H19ClN2OS. The van der Waals surface area contributed by atoms with Crippen LogP contribution in [0.15, 0.2) is 36.4 Å². The maximum atomic E-state index is 12.3. The van der Waals surface area contributed by atoms with Crippen molar-refractivity contribution in [3.05, 3.63) is 51.2 Å². The van der Waals surface area contributed by atoms with Gasteiger partial charge in [-0.25, -0.2) is 0 Å². The summed E-state index contributed by atoms with van der Waals surface area (Å²) < 4.78 is 0.773. The average molecular weight is 323 g/mol. The van der Waals surface area contributed by atoms with E-state index in [4.69, 9.17) is 11.6 Å². The van der Waals surface area contributed by atoms with Crippen molar-refractivity contribution in [3.8, 4) is 0 Å². The third-order valence-electron chi connectivity index (χ3n) is 3.39. The number of aryl methyl sites for hydroxylation is 1. The fourth-order valence-electron chi connectivity index (χ4n) is 1.90. The van der Waals surface area contributed by atoms with Crippen molar-refractivity contribution < 1.29 is 4.79 Å². The van der Waals surface area contributed by atoms with Gasteiger partial charge in [-0.05, 0) is 45.2 Å². The highest BCUT2D eigenvalue weighted by molar-refractivity contribution is 7.16. The Hall–Kier alpha value is -1.36. The minimum Gasteiger partial charge on any atom is -0.325 e. The van der Waals surface area contributed by atoms with Gasteiger partial charge >= 0.3 is 0 Å². The Morgan fingerprint density at radius 1 is 1.29 bits per heavy atom. The molecule has 0 saturated carbocycles. The molecule has 3 nitrogen and oxygen atoms in total. The van der Waals surface area contributed by atoms with Crippen molar-refractivity contribution in [1.29, 1.82) is 0 Å². The van der Waals surface area contributed by atoms with Gasteiger partial charge in [0.2, 0.25) is 5.91 Å². The summed E-state index contributed by atoms with van der Waals surface area (Å²) in [5.74, 6) is -0.0102. The number of likely N-dealkylation sites (N-methyl/N-ethyl adjacent to an activating group) is 1. The lowest BCUT2D eigenvalue weighted by Gasteiger charge is -2.23. The molecule has 0 aliphatic rings. The molecule has 1 aromatic heterocycles. The van der Waals surface area contributed by atoms with E-state index in [2.05, 4.69) is 5.32 Å². The first-order valence-corrected chi connectivity index (χ1v) is 7.97. The van der Waals surface area contributed by atoms with Crippen LogP contribution in [0.25, 0.3) is 0 Å². The first-order chi connectivity index (χ1) is 9.95. The second-order valence-corrected chi connectivity index (χ2v) is 6.95. The van der Waals surface area contributed by atoms with Gasteiger partial charge in [-0.2, -0.15) is 0 Å². The molecule has 1 heterocycles. The predicted octanol–water partition coefficient (Wildman–Crippen LogP) is 4.17. The topological polar surface area (TPSA) is 32.3 Å². The molecule has 5 heteroatoms. The highest BCUT2D eigenvalue weighted by Crippen LogP contribution is 2.23.